The number of rotatable bonds is 0. The highest BCUT2D eigenvalue weighted by Gasteiger charge is 2.04. The number of nitrogens with zero attached hydrogens (tertiary/aromatic N) is 2. The fourth-order valence-corrected chi connectivity index (χ4v) is 0.895. The molecule has 0 aliphatic carbocycles. The van der Waals surface area contributed by atoms with E-state index in [1.54, 1.807) is 6.92 Å². The second-order valence-corrected chi connectivity index (χ2v) is 2.85. The molecule has 0 fully saturated rings. The lowest BCUT2D eigenvalue weighted by Crippen LogP contribution is -1.88. The van der Waals surface area contributed by atoms with Crippen LogP contribution in [-0.2, 0) is 0 Å². The SMILES string of the molecule is Cc1nc(Cl)nc(O)c1Br. The second-order valence-electron chi connectivity index (χ2n) is 1.72. The van der Waals surface area contributed by atoms with Crippen LogP contribution in [0.4, 0.5) is 0 Å². The van der Waals surface area contributed by atoms with Crippen molar-refractivity contribution in [2.24, 2.45) is 0 Å². The molecule has 1 aromatic rings. The van der Waals surface area contributed by atoms with Gasteiger partial charge in [-0.1, -0.05) is 0 Å². The van der Waals surface area contributed by atoms with E-state index in [2.05, 4.69) is 25.9 Å². The van der Waals surface area contributed by atoms with Crippen LogP contribution in [0.25, 0.3) is 0 Å². The summed E-state index contributed by atoms with van der Waals surface area (Å²) in [7, 11) is 0. The van der Waals surface area contributed by atoms with Crippen molar-refractivity contribution in [3.05, 3.63) is 15.5 Å². The third-order valence-corrected chi connectivity index (χ3v) is 2.07. The summed E-state index contributed by atoms with van der Waals surface area (Å²) in [6.45, 7) is 1.72. The maximum atomic E-state index is 9.00. The lowest BCUT2D eigenvalue weighted by Gasteiger charge is -1.98. The smallest absolute Gasteiger partial charge is 0.230 e. The van der Waals surface area contributed by atoms with Crippen LogP contribution in [0, 0.1) is 6.92 Å². The summed E-state index contributed by atoms with van der Waals surface area (Å²) in [6.07, 6.45) is 0. The van der Waals surface area contributed by atoms with Crippen molar-refractivity contribution in [2.75, 3.05) is 0 Å². The van der Waals surface area contributed by atoms with Crippen molar-refractivity contribution < 1.29 is 5.11 Å². The largest absolute Gasteiger partial charge is 0.492 e. The first kappa shape index (κ1) is 7.75. The van der Waals surface area contributed by atoms with Gasteiger partial charge in [0.1, 0.15) is 4.47 Å². The molecule has 0 aliphatic heterocycles. The van der Waals surface area contributed by atoms with Crippen LogP contribution in [0.2, 0.25) is 5.28 Å². The molecule has 0 spiro atoms. The lowest BCUT2D eigenvalue weighted by atomic mass is 10.4. The Morgan fingerprint density at radius 2 is 2.10 bits per heavy atom. The van der Waals surface area contributed by atoms with Crippen molar-refractivity contribution in [3.8, 4) is 5.88 Å². The van der Waals surface area contributed by atoms with Crippen LogP contribution < -0.4 is 0 Å². The summed E-state index contributed by atoms with van der Waals surface area (Å²) in [5.41, 5.74) is 0.623. The van der Waals surface area contributed by atoms with Crippen LogP contribution in [0.3, 0.4) is 0 Å². The molecule has 1 aromatic heterocycles. The van der Waals surface area contributed by atoms with Gasteiger partial charge in [-0.15, -0.1) is 0 Å². The Kier molecular flexibility index (Phi) is 2.11. The van der Waals surface area contributed by atoms with Gasteiger partial charge in [-0.05, 0) is 34.5 Å². The molecule has 1 rings (SSSR count). The molecule has 5 heteroatoms. The van der Waals surface area contributed by atoms with Crippen molar-refractivity contribution in [3.63, 3.8) is 0 Å². The molecule has 0 saturated carbocycles. The van der Waals surface area contributed by atoms with Crippen LogP contribution in [0.1, 0.15) is 5.69 Å². The van der Waals surface area contributed by atoms with Gasteiger partial charge in [0.05, 0.1) is 5.69 Å². The molecule has 0 amide bonds. The molecule has 0 saturated heterocycles. The Bertz CT molecular complexity index is 243. The zero-order valence-corrected chi connectivity index (χ0v) is 7.44. The molecule has 1 heterocycles. The minimum atomic E-state index is -0.127. The van der Waals surface area contributed by atoms with Crippen LogP contribution in [-0.4, -0.2) is 15.1 Å². The van der Waals surface area contributed by atoms with Crippen LogP contribution in [0.15, 0.2) is 4.47 Å². The average molecular weight is 223 g/mol. The lowest BCUT2D eigenvalue weighted by molar-refractivity contribution is 0.447. The van der Waals surface area contributed by atoms with E-state index >= 15 is 0 Å². The van der Waals surface area contributed by atoms with Gasteiger partial charge in [-0.2, -0.15) is 4.98 Å². The molecule has 3 nitrogen and oxygen atoms in total. The first-order valence-electron chi connectivity index (χ1n) is 2.50. The van der Waals surface area contributed by atoms with Gasteiger partial charge in [0.2, 0.25) is 11.2 Å². The van der Waals surface area contributed by atoms with E-state index in [4.69, 9.17) is 16.7 Å². The quantitative estimate of drug-likeness (QED) is 0.683. The Hall–Kier alpha value is -0.350. The molecule has 1 N–H and O–H groups in total. The van der Waals surface area contributed by atoms with Crippen molar-refractivity contribution in [2.45, 2.75) is 6.92 Å². The van der Waals surface area contributed by atoms with Gasteiger partial charge in [0, 0.05) is 0 Å². The third kappa shape index (κ3) is 1.38. The van der Waals surface area contributed by atoms with Crippen LogP contribution >= 0.6 is 27.5 Å². The Morgan fingerprint density at radius 3 is 2.60 bits per heavy atom. The van der Waals surface area contributed by atoms with E-state index in [9.17, 15) is 0 Å². The summed E-state index contributed by atoms with van der Waals surface area (Å²) in [4.78, 5) is 7.28. The number of hydrogen-bond acceptors (Lipinski definition) is 3. The number of aromatic nitrogens is 2. The maximum Gasteiger partial charge on any atom is 0.230 e. The topological polar surface area (TPSA) is 46.0 Å². The third-order valence-electron chi connectivity index (χ3n) is 0.972. The average Bonchev–Trinajstić information content (AvgIpc) is 1.82. The summed E-state index contributed by atoms with van der Waals surface area (Å²) in [6, 6.07) is 0. The van der Waals surface area contributed by atoms with Gasteiger partial charge < -0.3 is 5.11 Å². The molecule has 0 atom stereocenters. The monoisotopic (exact) mass is 222 g/mol. The summed E-state index contributed by atoms with van der Waals surface area (Å²) < 4.78 is 0.483. The minimum absolute atomic E-state index is 0.0539. The number of hydrogen-bond donors (Lipinski definition) is 1. The maximum absolute atomic E-state index is 9.00. The Balaban J connectivity index is 3.31. The Morgan fingerprint density at radius 1 is 1.50 bits per heavy atom. The summed E-state index contributed by atoms with van der Waals surface area (Å²) in [5.74, 6) is -0.127. The number of halogens is 2. The van der Waals surface area contributed by atoms with Crippen molar-refractivity contribution in [1.82, 2.24) is 9.97 Å². The molecule has 0 unspecified atom stereocenters. The van der Waals surface area contributed by atoms with Gasteiger partial charge in [-0.3, -0.25) is 0 Å². The van der Waals surface area contributed by atoms with E-state index in [0.29, 0.717) is 10.2 Å². The predicted molar refractivity (Wildman–Crippen MR) is 41.1 cm³/mol. The highest BCUT2D eigenvalue weighted by Crippen LogP contribution is 2.24. The first-order chi connectivity index (χ1) is 4.61. The van der Waals surface area contributed by atoms with Crippen LogP contribution in [0.5, 0.6) is 5.88 Å². The molecule has 0 aliphatic rings. The summed E-state index contributed by atoms with van der Waals surface area (Å²) in [5, 5.41) is 9.05. The zero-order chi connectivity index (χ0) is 7.72. The molecular weight excluding hydrogens is 219 g/mol. The molecule has 54 valence electrons. The second kappa shape index (κ2) is 2.72. The fraction of sp³-hybridized carbons (Fsp3) is 0.200. The van der Waals surface area contributed by atoms with Crippen molar-refractivity contribution in [1.29, 1.82) is 0 Å². The minimum Gasteiger partial charge on any atom is -0.492 e. The van der Waals surface area contributed by atoms with Gasteiger partial charge >= 0.3 is 0 Å². The predicted octanol–water partition coefficient (Wildman–Crippen LogP) is 1.91. The molecule has 10 heavy (non-hydrogen) atoms. The normalized spacial score (nSPS) is 9.90. The molecule has 0 aromatic carbocycles. The Labute approximate surface area is 71.2 Å². The number of aryl methyl sites for hydroxylation is 1. The van der Waals surface area contributed by atoms with E-state index in [-0.39, 0.29) is 11.2 Å². The first-order valence-corrected chi connectivity index (χ1v) is 3.67. The standard InChI is InChI=1S/C5H4BrClN2O/c1-2-3(6)4(10)9-5(7)8-2/h1H3,(H,8,9,10). The van der Waals surface area contributed by atoms with E-state index in [0.717, 1.165) is 0 Å². The van der Waals surface area contributed by atoms with E-state index < -0.39 is 0 Å². The molecular formula is C5H4BrClN2O. The summed E-state index contributed by atoms with van der Waals surface area (Å²) >= 11 is 8.50. The van der Waals surface area contributed by atoms with Gasteiger partial charge in [0.25, 0.3) is 0 Å². The van der Waals surface area contributed by atoms with E-state index in [1.807, 2.05) is 0 Å². The number of aromatic hydroxyl groups is 1. The van der Waals surface area contributed by atoms with Gasteiger partial charge in [0.15, 0.2) is 0 Å². The highest BCUT2D eigenvalue weighted by molar-refractivity contribution is 9.10. The zero-order valence-electron chi connectivity index (χ0n) is 5.10. The van der Waals surface area contributed by atoms with Gasteiger partial charge in [-0.25, -0.2) is 4.98 Å². The van der Waals surface area contributed by atoms with E-state index in [1.165, 1.54) is 0 Å². The fourth-order valence-electron chi connectivity index (χ4n) is 0.511. The van der Waals surface area contributed by atoms with Crippen molar-refractivity contribution >= 4 is 27.5 Å². The molecule has 0 radical (unpaired) electrons. The highest BCUT2D eigenvalue weighted by atomic mass is 79.9. The molecule has 0 bridgehead atoms.